The molecule has 2 heterocycles. The fraction of sp³-hybridized carbons (Fsp3) is 0.611. The van der Waals surface area contributed by atoms with E-state index in [0.29, 0.717) is 0 Å². The number of anilines is 1. The van der Waals surface area contributed by atoms with Crippen LogP contribution in [0.2, 0.25) is 0 Å². The molecule has 5 nitrogen and oxygen atoms in total. The largest absolute Gasteiger partial charge is 0.379 e. The maximum absolute atomic E-state index is 12.8. The number of nitrogens with zero attached hydrogens (tertiary/aromatic N) is 2. The van der Waals surface area contributed by atoms with Crippen molar-refractivity contribution in [1.29, 1.82) is 0 Å². The second-order valence-corrected chi connectivity index (χ2v) is 7.64. The van der Waals surface area contributed by atoms with Crippen LogP contribution >= 0.6 is 11.8 Å². The number of carbonyl (C=O) groups is 1. The summed E-state index contributed by atoms with van der Waals surface area (Å²) in [4.78, 5) is 17.3. The number of urea groups is 1. The van der Waals surface area contributed by atoms with E-state index in [1.54, 1.807) is 0 Å². The molecule has 2 fully saturated rings. The quantitative estimate of drug-likeness (QED) is 0.911. The molecule has 132 valence electrons. The van der Waals surface area contributed by atoms with Gasteiger partial charge in [-0.15, -0.1) is 0 Å². The number of rotatable bonds is 3. The number of aryl methyl sites for hydroxylation is 1. The van der Waals surface area contributed by atoms with E-state index in [9.17, 15) is 4.79 Å². The van der Waals surface area contributed by atoms with Crippen LogP contribution in [0.1, 0.15) is 12.0 Å². The number of carbonyl (C=O) groups excluding carboxylic acids is 1. The standard InChI is InChI=1S/C18H27N3O2S/c1-15-4-2-5-16(12-15)19-18(22)21-6-3-11-24-14-17(21)13-20-7-9-23-10-8-20/h2,4-5,12,17H,3,6-11,13-14H2,1H3,(H,19,22). The van der Waals surface area contributed by atoms with Crippen LogP contribution in [0.5, 0.6) is 0 Å². The first-order valence-corrected chi connectivity index (χ1v) is 9.90. The summed E-state index contributed by atoms with van der Waals surface area (Å²) in [6, 6.07) is 8.28. The van der Waals surface area contributed by atoms with Crippen molar-refractivity contribution in [3.63, 3.8) is 0 Å². The fourth-order valence-corrected chi connectivity index (χ4v) is 4.30. The molecule has 1 unspecified atom stereocenters. The molecule has 0 bridgehead atoms. The van der Waals surface area contributed by atoms with E-state index in [-0.39, 0.29) is 12.1 Å². The Morgan fingerprint density at radius 3 is 2.96 bits per heavy atom. The van der Waals surface area contributed by atoms with E-state index < -0.39 is 0 Å². The molecule has 1 atom stereocenters. The first-order valence-electron chi connectivity index (χ1n) is 8.74. The molecule has 0 aliphatic carbocycles. The Bertz CT molecular complexity index is 549. The van der Waals surface area contributed by atoms with Crippen LogP contribution in [0, 0.1) is 6.92 Å². The predicted octanol–water partition coefficient (Wildman–Crippen LogP) is 2.67. The number of thioether (sulfide) groups is 1. The number of hydrogen-bond acceptors (Lipinski definition) is 4. The van der Waals surface area contributed by atoms with Crippen molar-refractivity contribution in [3.05, 3.63) is 29.8 Å². The number of hydrogen-bond donors (Lipinski definition) is 1. The first-order chi connectivity index (χ1) is 11.7. The molecule has 6 heteroatoms. The zero-order valence-corrected chi connectivity index (χ0v) is 15.2. The highest BCUT2D eigenvalue weighted by Gasteiger charge is 2.28. The number of benzene rings is 1. The van der Waals surface area contributed by atoms with Gasteiger partial charge in [0.15, 0.2) is 0 Å². The van der Waals surface area contributed by atoms with E-state index in [0.717, 1.165) is 68.6 Å². The second kappa shape index (κ2) is 8.74. The molecule has 0 spiro atoms. The summed E-state index contributed by atoms with van der Waals surface area (Å²) in [5, 5.41) is 3.08. The highest BCUT2D eigenvalue weighted by atomic mass is 32.2. The second-order valence-electron chi connectivity index (χ2n) is 6.49. The molecule has 2 amide bonds. The minimum atomic E-state index is 0.0290. The summed E-state index contributed by atoms with van der Waals surface area (Å²) in [6.07, 6.45) is 1.06. The average molecular weight is 350 g/mol. The fourth-order valence-electron chi connectivity index (χ4n) is 3.25. The highest BCUT2D eigenvalue weighted by molar-refractivity contribution is 7.99. The monoisotopic (exact) mass is 349 g/mol. The molecule has 1 aromatic carbocycles. The molecule has 2 aliphatic heterocycles. The van der Waals surface area contributed by atoms with Crippen LogP contribution in [0.25, 0.3) is 0 Å². The number of morpholine rings is 1. The van der Waals surface area contributed by atoms with E-state index >= 15 is 0 Å². The van der Waals surface area contributed by atoms with Gasteiger partial charge in [-0.1, -0.05) is 12.1 Å². The minimum Gasteiger partial charge on any atom is -0.379 e. The van der Waals surface area contributed by atoms with Gasteiger partial charge in [0.1, 0.15) is 0 Å². The van der Waals surface area contributed by atoms with Gasteiger partial charge >= 0.3 is 6.03 Å². The molecule has 3 rings (SSSR count). The molecule has 0 radical (unpaired) electrons. The lowest BCUT2D eigenvalue weighted by Crippen LogP contribution is -2.51. The first kappa shape index (κ1) is 17.6. The third kappa shape index (κ3) is 4.88. The summed E-state index contributed by atoms with van der Waals surface area (Å²) < 4.78 is 5.44. The average Bonchev–Trinajstić information content (AvgIpc) is 2.81. The Labute approximate surface area is 148 Å². The summed E-state index contributed by atoms with van der Waals surface area (Å²) in [6.45, 7) is 7.35. The van der Waals surface area contributed by atoms with Gasteiger partial charge in [0.05, 0.1) is 19.3 Å². The van der Waals surface area contributed by atoms with Gasteiger partial charge in [-0.3, -0.25) is 4.90 Å². The number of nitrogens with one attached hydrogen (secondary N) is 1. The van der Waals surface area contributed by atoms with Crippen LogP contribution in [0.15, 0.2) is 24.3 Å². The maximum Gasteiger partial charge on any atom is 0.322 e. The van der Waals surface area contributed by atoms with Crippen LogP contribution in [-0.4, -0.2) is 72.8 Å². The Hall–Kier alpha value is -1.24. The van der Waals surface area contributed by atoms with Gasteiger partial charge in [-0.25, -0.2) is 4.79 Å². The predicted molar refractivity (Wildman–Crippen MR) is 99.9 cm³/mol. The smallest absolute Gasteiger partial charge is 0.322 e. The lowest BCUT2D eigenvalue weighted by Gasteiger charge is -2.35. The summed E-state index contributed by atoms with van der Waals surface area (Å²) >= 11 is 1.96. The Balaban J connectivity index is 1.65. The van der Waals surface area contributed by atoms with E-state index in [4.69, 9.17) is 4.74 Å². The number of amides is 2. The molecular weight excluding hydrogens is 322 g/mol. The Morgan fingerprint density at radius 2 is 2.17 bits per heavy atom. The molecule has 2 saturated heterocycles. The van der Waals surface area contributed by atoms with Crippen LogP contribution in [0.3, 0.4) is 0 Å². The van der Waals surface area contributed by atoms with Crippen molar-refractivity contribution >= 4 is 23.5 Å². The van der Waals surface area contributed by atoms with E-state index in [1.165, 1.54) is 0 Å². The molecule has 24 heavy (non-hydrogen) atoms. The lowest BCUT2D eigenvalue weighted by atomic mass is 10.2. The molecule has 0 aromatic heterocycles. The molecule has 1 N–H and O–H groups in total. The topological polar surface area (TPSA) is 44.8 Å². The zero-order chi connectivity index (χ0) is 16.8. The van der Waals surface area contributed by atoms with Crippen molar-refractivity contribution < 1.29 is 9.53 Å². The van der Waals surface area contributed by atoms with Gasteiger partial charge in [-0.05, 0) is 36.8 Å². The minimum absolute atomic E-state index is 0.0290. The Morgan fingerprint density at radius 1 is 1.33 bits per heavy atom. The molecule has 1 aromatic rings. The van der Waals surface area contributed by atoms with Gasteiger partial charge in [-0.2, -0.15) is 11.8 Å². The van der Waals surface area contributed by atoms with Crippen molar-refractivity contribution in [2.75, 3.05) is 56.2 Å². The Kier molecular flexibility index (Phi) is 6.40. The molecular formula is C18H27N3O2S. The van der Waals surface area contributed by atoms with Gasteiger partial charge in [0.2, 0.25) is 0 Å². The zero-order valence-electron chi connectivity index (χ0n) is 14.4. The number of ether oxygens (including phenoxy) is 1. The van der Waals surface area contributed by atoms with Crippen molar-refractivity contribution in [1.82, 2.24) is 9.80 Å². The lowest BCUT2D eigenvalue weighted by molar-refractivity contribution is 0.0288. The van der Waals surface area contributed by atoms with Crippen LogP contribution < -0.4 is 5.32 Å². The van der Waals surface area contributed by atoms with Crippen molar-refractivity contribution in [3.8, 4) is 0 Å². The third-order valence-electron chi connectivity index (χ3n) is 4.54. The third-order valence-corrected chi connectivity index (χ3v) is 5.74. The molecule has 0 saturated carbocycles. The summed E-state index contributed by atoms with van der Waals surface area (Å²) in [5.41, 5.74) is 2.03. The van der Waals surface area contributed by atoms with Crippen LogP contribution in [0.4, 0.5) is 10.5 Å². The highest BCUT2D eigenvalue weighted by Crippen LogP contribution is 2.19. The van der Waals surface area contributed by atoms with Gasteiger partial charge in [0.25, 0.3) is 0 Å². The summed E-state index contributed by atoms with van der Waals surface area (Å²) in [5.74, 6) is 2.15. The van der Waals surface area contributed by atoms with Gasteiger partial charge in [0, 0.05) is 37.6 Å². The van der Waals surface area contributed by atoms with Crippen molar-refractivity contribution in [2.45, 2.75) is 19.4 Å². The van der Waals surface area contributed by atoms with E-state index in [1.807, 2.05) is 47.9 Å². The van der Waals surface area contributed by atoms with Crippen molar-refractivity contribution in [2.24, 2.45) is 0 Å². The SMILES string of the molecule is Cc1cccc(NC(=O)N2CCCSCC2CN2CCOCC2)c1. The maximum atomic E-state index is 12.8. The van der Waals surface area contributed by atoms with E-state index in [2.05, 4.69) is 10.2 Å². The molecule has 2 aliphatic rings. The van der Waals surface area contributed by atoms with Crippen LogP contribution in [-0.2, 0) is 4.74 Å². The normalized spacial score (nSPS) is 22.9. The summed E-state index contributed by atoms with van der Waals surface area (Å²) in [7, 11) is 0. The van der Waals surface area contributed by atoms with Gasteiger partial charge < -0.3 is 15.0 Å².